The monoisotopic (exact) mass is 534 g/mol. The van der Waals surface area contributed by atoms with E-state index in [-0.39, 0.29) is 23.1 Å². The molecule has 0 aliphatic carbocycles. The van der Waals surface area contributed by atoms with Crippen LogP contribution in [0.5, 0.6) is 5.75 Å². The van der Waals surface area contributed by atoms with Gasteiger partial charge in [-0.2, -0.15) is 5.10 Å². The van der Waals surface area contributed by atoms with Gasteiger partial charge in [0.05, 0.1) is 65.4 Å². The molecule has 5 rings (SSSR count). The average Bonchev–Trinajstić information content (AvgIpc) is 3.46. The van der Waals surface area contributed by atoms with Crippen molar-refractivity contribution in [3.05, 3.63) is 71.4 Å². The number of ether oxygens (including phenoxy) is 2. The lowest BCUT2D eigenvalue weighted by molar-refractivity contribution is 0.0602. The molecule has 1 N–H and O–H groups in total. The van der Waals surface area contributed by atoms with Crippen LogP contribution < -0.4 is 10.1 Å². The third-order valence-corrected chi connectivity index (χ3v) is 8.35. The minimum Gasteiger partial charge on any atom is -0.497 e. The molecule has 2 aromatic heterocycles. The summed E-state index contributed by atoms with van der Waals surface area (Å²) in [7, 11) is -0.334. The Bertz CT molecular complexity index is 1660. The highest BCUT2D eigenvalue weighted by molar-refractivity contribution is 7.91. The number of carbonyl (C=O) groups excluding carboxylic acids is 2. The smallest absolute Gasteiger partial charge is 0.339 e. The summed E-state index contributed by atoms with van der Waals surface area (Å²) >= 11 is 0. The Hall–Kier alpha value is -4.25. The number of fused-ring (bicyclic) bond motifs is 1. The molecule has 1 saturated heterocycles. The van der Waals surface area contributed by atoms with Crippen LogP contribution in [-0.2, 0) is 14.6 Å². The Morgan fingerprint density at radius 2 is 1.79 bits per heavy atom. The molecule has 1 fully saturated rings. The maximum absolute atomic E-state index is 13.7. The number of para-hydroxylation sites is 1. The van der Waals surface area contributed by atoms with Gasteiger partial charge in [0.25, 0.3) is 5.91 Å². The van der Waals surface area contributed by atoms with Gasteiger partial charge in [0.1, 0.15) is 5.75 Å². The van der Waals surface area contributed by atoms with E-state index < -0.39 is 21.7 Å². The van der Waals surface area contributed by atoms with E-state index in [0.717, 1.165) is 5.56 Å². The SMILES string of the molecule is COC(=O)c1ccccc1NC(=O)c1cc(-c2ccc(OC)cc2)nc2c1c(C)nn2C1CCS(=O)(=O)C1. The Labute approximate surface area is 219 Å². The number of methoxy groups -OCH3 is 2. The van der Waals surface area contributed by atoms with Crippen LogP contribution >= 0.6 is 0 Å². The van der Waals surface area contributed by atoms with Crippen LogP contribution in [0.3, 0.4) is 0 Å². The summed E-state index contributed by atoms with van der Waals surface area (Å²) < 4.78 is 36.2. The van der Waals surface area contributed by atoms with Crippen molar-refractivity contribution in [3.63, 3.8) is 0 Å². The fourth-order valence-electron chi connectivity index (χ4n) is 4.69. The highest BCUT2D eigenvalue weighted by atomic mass is 32.2. The molecule has 1 unspecified atom stereocenters. The maximum atomic E-state index is 13.7. The number of esters is 1. The second-order valence-corrected chi connectivity index (χ2v) is 11.3. The van der Waals surface area contributed by atoms with E-state index in [0.29, 0.717) is 45.8 Å². The van der Waals surface area contributed by atoms with Crippen LogP contribution in [0.4, 0.5) is 5.69 Å². The number of carbonyl (C=O) groups is 2. The number of amides is 1. The molecule has 2 aromatic carbocycles. The Morgan fingerprint density at radius 1 is 1.05 bits per heavy atom. The molecule has 10 nitrogen and oxygen atoms in total. The standard InChI is InChI=1S/C27H26N4O6S/c1-16-24-21(26(32)29-22-7-5-4-6-20(22)27(33)37-3)14-23(17-8-10-19(36-2)11-9-17)28-25(24)31(30-16)18-12-13-38(34,35)15-18/h4-11,14,18H,12-13,15H2,1-3H3,(H,29,32). The largest absolute Gasteiger partial charge is 0.497 e. The number of nitrogens with one attached hydrogen (secondary N) is 1. The highest BCUT2D eigenvalue weighted by Crippen LogP contribution is 2.33. The number of aryl methyl sites for hydroxylation is 1. The third-order valence-electron chi connectivity index (χ3n) is 6.60. The Morgan fingerprint density at radius 3 is 2.45 bits per heavy atom. The minimum atomic E-state index is -3.18. The fourth-order valence-corrected chi connectivity index (χ4v) is 6.39. The first-order valence-electron chi connectivity index (χ1n) is 11.9. The second-order valence-electron chi connectivity index (χ2n) is 9.06. The van der Waals surface area contributed by atoms with Crippen LogP contribution in [0.15, 0.2) is 54.6 Å². The molecule has 0 bridgehead atoms. The van der Waals surface area contributed by atoms with Gasteiger partial charge < -0.3 is 14.8 Å². The van der Waals surface area contributed by atoms with Gasteiger partial charge in [-0.1, -0.05) is 12.1 Å². The summed E-state index contributed by atoms with van der Waals surface area (Å²) in [5, 5.41) is 7.97. The number of benzene rings is 2. The number of aromatic nitrogens is 3. The van der Waals surface area contributed by atoms with Crippen LogP contribution in [-0.4, -0.2) is 60.8 Å². The van der Waals surface area contributed by atoms with E-state index in [1.54, 1.807) is 61.2 Å². The summed E-state index contributed by atoms with van der Waals surface area (Å²) in [6.07, 6.45) is 0.418. The molecular formula is C27H26N4O6S. The molecule has 11 heteroatoms. The van der Waals surface area contributed by atoms with Crippen molar-refractivity contribution in [3.8, 4) is 17.0 Å². The van der Waals surface area contributed by atoms with Crippen molar-refractivity contribution in [2.24, 2.45) is 0 Å². The van der Waals surface area contributed by atoms with E-state index >= 15 is 0 Å². The lowest BCUT2D eigenvalue weighted by atomic mass is 10.0. The molecule has 38 heavy (non-hydrogen) atoms. The predicted octanol–water partition coefficient (Wildman–Crippen LogP) is 3.81. The van der Waals surface area contributed by atoms with E-state index in [1.165, 1.54) is 7.11 Å². The first-order valence-corrected chi connectivity index (χ1v) is 13.8. The zero-order valence-electron chi connectivity index (χ0n) is 21.1. The number of anilines is 1. The fraction of sp³-hybridized carbons (Fsp3) is 0.259. The van der Waals surface area contributed by atoms with Gasteiger partial charge in [-0.05, 0) is 55.8 Å². The van der Waals surface area contributed by atoms with E-state index in [1.807, 2.05) is 12.1 Å². The van der Waals surface area contributed by atoms with E-state index in [4.69, 9.17) is 14.5 Å². The maximum Gasteiger partial charge on any atom is 0.339 e. The van der Waals surface area contributed by atoms with Crippen LogP contribution in [0.1, 0.15) is 38.9 Å². The summed E-state index contributed by atoms with van der Waals surface area (Å²) in [5.41, 5.74) is 3.02. The van der Waals surface area contributed by atoms with Crippen molar-refractivity contribution in [2.45, 2.75) is 19.4 Å². The molecule has 0 radical (unpaired) electrons. The van der Waals surface area contributed by atoms with Gasteiger partial charge in [0.15, 0.2) is 15.5 Å². The number of hydrogen-bond donors (Lipinski definition) is 1. The van der Waals surface area contributed by atoms with Crippen molar-refractivity contribution >= 4 is 38.4 Å². The van der Waals surface area contributed by atoms with Crippen molar-refractivity contribution in [2.75, 3.05) is 31.0 Å². The first-order chi connectivity index (χ1) is 18.2. The molecule has 4 aromatic rings. The molecule has 0 spiro atoms. The number of pyridine rings is 1. The zero-order chi connectivity index (χ0) is 27.0. The van der Waals surface area contributed by atoms with Gasteiger partial charge in [-0.3, -0.25) is 4.79 Å². The number of nitrogens with zero attached hydrogens (tertiary/aromatic N) is 3. The number of sulfone groups is 1. The molecule has 1 amide bonds. The molecule has 3 heterocycles. The molecule has 1 aliphatic rings. The first kappa shape index (κ1) is 25.4. The van der Waals surface area contributed by atoms with Crippen molar-refractivity contribution in [1.82, 2.24) is 14.8 Å². The predicted molar refractivity (Wildman–Crippen MR) is 142 cm³/mol. The highest BCUT2D eigenvalue weighted by Gasteiger charge is 2.32. The van der Waals surface area contributed by atoms with Crippen molar-refractivity contribution < 1.29 is 27.5 Å². The summed E-state index contributed by atoms with van der Waals surface area (Å²) in [4.78, 5) is 30.8. The number of rotatable bonds is 6. The van der Waals surface area contributed by atoms with Gasteiger partial charge >= 0.3 is 5.97 Å². The Kier molecular flexibility index (Phi) is 6.62. The lowest BCUT2D eigenvalue weighted by Gasteiger charge is -2.13. The van der Waals surface area contributed by atoms with Crippen LogP contribution in [0.25, 0.3) is 22.3 Å². The van der Waals surface area contributed by atoms with Gasteiger partial charge in [-0.15, -0.1) is 0 Å². The quantitative estimate of drug-likeness (QED) is 0.370. The summed E-state index contributed by atoms with van der Waals surface area (Å²) in [6.45, 7) is 1.76. The van der Waals surface area contributed by atoms with Gasteiger partial charge in [-0.25, -0.2) is 22.9 Å². The van der Waals surface area contributed by atoms with Crippen molar-refractivity contribution in [1.29, 1.82) is 0 Å². The van der Waals surface area contributed by atoms with Gasteiger partial charge in [0.2, 0.25) is 0 Å². The molecular weight excluding hydrogens is 508 g/mol. The molecule has 0 saturated carbocycles. The van der Waals surface area contributed by atoms with Gasteiger partial charge in [0, 0.05) is 5.56 Å². The summed E-state index contributed by atoms with van der Waals surface area (Å²) in [5.74, 6) is -0.333. The zero-order valence-corrected chi connectivity index (χ0v) is 21.9. The van der Waals surface area contributed by atoms with Crippen LogP contribution in [0, 0.1) is 6.92 Å². The minimum absolute atomic E-state index is 0.0360. The molecule has 1 atom stereocenters. The molecule has 196 valence electrons. The Balaban J connectivity index is 1.66. The lowest BCUT2D eigenvalue weighted by Crippen LogP contribution is -2.17. The van der Waals surface area contributed by atoms with E-state index in [2.05, 4.69) is 10.4 Å². The molecule has 1 aliphatic heterocycles. The summed E-state index contributed by atoms with van der Waals surface area (Å²) in [6, 6.07) is 15.1. The third kappa shape index (κ3) is 4.72. The van der Waals surface area contributed by atoms with Crippen LogP contribution in [0.2, 0.25) is 0 Å². The normalized spacial score (nSPS) is 16.3. The topological polar surface area (TPSA) is 129 Å². The average molecular weight is 535 g/mol. The van der Waals surface area contributed by atoms with E-state index in [9.17, 15) is 18.0 Å². The number of hydrogen-bond acceptors (Lipinski definition) is 8. The second kappa shape index (κ2) is 9.90.